The lowest BCUT2D eigenvalue weighted by Crippen LogP contribution is -2.61. The van der Waals surface area contributed by atoms with E-state index >= 15 is 0 Å². The average Bonchev–Trinajstić information content (AvgIpc) is 3.48. The van der Waals surface area contributed by atoms with Crippen LogP contribution in [0.5, 0.6) is 0 Å². The first kappa shape index (κ1) is 24.8. The monoisotopic (exact) mass is 477 g/mol. The van der Waals surface area contributed by atoms with Crippen molar-refractivity contribution in [2.24, 2.45) is 0 Å². The Morgan fingerprint density at radius 2 is 1.12 bits per heavy atom. The van der Waals surface area contributed by atoms with Crippen molar-refractivity contribution in [1.82, 2.24) is 14.4 Å². The van der Waals surface area contributed by atoms with Crippen LogP contribution < -0.4 is 5.32 Å². The van der Waals surface area contributed by atoms with E-state index in [1.54, 1.807) is 0 Å². The maximum Gasteiger partial charge on any atom is 0.523 e. The normalized spacial score (nSPS) is 17.6. The van der Waals surface area contributed by atoms with Crippen molar-refractivity contribution in [3.05, 3.63) is 108 Å². The quantitative estimate of drug-likeness (QED) is 0.384. The van der Waals surface area contributed by atoms with Gasteiger partial charge >= 0.3 is 8.88 Å². The van der Waals surface area contributed by atoms with Gasteiger partial charge in [-0.05, 0) is 16.7 Å². The van der Waals surface area contributed by atoms with Crippen LogP contribution in [0.3, 0.4) is 0 Å². The summed E-state index contributed by atoms with van der Waals surface area (Å²) in [6.07, 6.45) is 0. The molecule has 3 aromatic rings. The summed E-state index contributed by atoms with van der Waals surface area (Å²) in [5.74, 6) is 0. The van der Waals surface area contributed by atoms with E-state index in [9.17, 15) is 0 Å². The van der Waals surface area contributed by atoms with Gasteiger partial charge in [0.15, 0.2) is 0 Å². The second-order valence-electron chi connectivity index (χ2n) is 8.45. The highest BCUT2D eigenvalue weighted by Gasteiger charge is 2.58. The minimum absolute atomic E-state index is 0.201. The maximum absolute atomic E-state index is 8.48. The number of hydrogen-bond acceptors (Lipinski definition) is 6. The predicted octanol–water partition coefficient (Wildman–Crippen LogP) is 3.26. The molecule has 0 atom stereocenters. The van der Waals surface area contributed by atoms with Crippen molar-refractivity contribution in [1.29, 1.82) is 0 Å². The SMILES string of the molecule is OCCNCc1ccccc1.c1ccc(CN2CCO[Si]23OCCN3Cc2ccccc2)cc1. The molecule has 2 N–H and O–H groups in total. The van der Waals surface area contributed by atoms with Gasteiger partial charge in [0.2, 0.25) is 0 Å². The van der Waals surface area contributed by atoms with Gasteiger partial charge in [-0.1, -0.05) is 91.0 Å². The highest BCUT2D eigenvalue weighted by Crippen LogP contribution is 2.31. The van der Waals surface area contributed by atoms with Gasteiger partial charge in [-0.3, -0.25) is 9.13 Å². The first-order valence-corrected chi connectivity index (χ1v) is 13.7. The van der Waals surface area contributed by atoms with Crippen LogP contribution in [0, 0.1) is 0 Å². The van der Waals surface area contributed by atoms with Crippen molar-refractivity contribution < 1.29 is 14.0 Å². The Hall–Kier alpha value is -2.36. The molecule has 2 aliphatic rings. The molecule has 0 unspecified atom stereocenters. The van der Waals surface area contributed by atoms with Gasteiger partial charge < -0.3 is 19.3 Å². The van der Waals surface area contributed by atoms with Gasteiger partial charge in [0.25, 0.3) is 0 Å². The molecule has 2 saturated heterocycles. The smallest absolute Gasteiger partial charge is 0.395 e. The number of aliphatic hydroxyl groups excluding tert-OH is 1. The molecule has 2 fully saturated rings. The summed E-state index contributed by atoms with van der Waals surface area (Å²) < 4.78 is 17.4. The topological polar surface area (TPSA) is 57.2 Å². The molecule has 0 aliphatic carbocycles. The van der Waals surface area contributed by atoms with Crippen LogP contribution in [0.25, 0.3) is 0 Å². The van der Waals surface area contributed by atoms with E-state index in [-0.39, 0.29) is 6.61 Å². The second-order valence-corrected chi connectivity index (χ2v) is 11.4. The first-order chi connectivity index (χ1) is 16.8. The number of rotatable bonds is 8. The molecule has 2 aliphatic heterocycles. The predicted molar refractivity (Wildman–Crippen MR) is 137 cm³/mol. The molecule has 0 amide bonds. The molecule has 0 aromatic heterocycles. The summed E-state index contributed by atoms with van der Waals surface area (Å²) in [5, 5.41) is 11.6. The first-order valence-electron chi connectivity index (χ1n) is 12.0. The molecule has 5 rings (SSSR count). The fourth-order valence-electron chi connectivity index (χ4n) is 4.34. The summed E-state index contributed by atoms with van der Waals surface area (Å²) in [6.45, 7) is 6.94. The van der Waals surface area contributed by atoms with Crippen molar-refractivity contribution >= 4 is 8.88 Å². The molecule has 180 valence electrons. The molecule has 0 bridgehead atoms. The largest absolute Gasteiger partial charge is 0.523 e. The summed E-state index contributed by atoms with van der Waals surface area (Å²) in [5.41, 5.74) is 3.89. The minimum atomic E-state index is -2.43. The number of benzene rings is 3. The maximum atomic E-state index is 8.48. The van der Waals surface area contributed by atoms with Gasteiger partial charge in [-0.2, -0.15) is 0 Å². The van der Waals surface area contributed by atoms with E-state index in [1.165, 1.54) is 16.7 Å². The second kappa shape index (κ2) is 12.9. The van der Waals surface area contributed by atoms with Gasteiger partial charge in [0, 0.05) is 39.3 Å². The number of hydrogen-bond donors (Lipinski definition) is 2. The molecule has 6 nitrogen and oxygen atoms in total. The standard InChI is InChI=1S/C18H22N2O2Si.C9H13NO/c1-3-7-17(8-4-1)15-19-11-13-21-23(19)20(12-14-22-23)16-18-9-5-2-6-10-18;11-7-6-10-8-9-4-2-1-3-5-9/h1-10H,11-16H2;1-5,10-11H,6-8H2. The third-order valence-electron chi connectivity index (χ3n) is 5.99. The van der Waals surface area contributed by atoms with Crippen molar-refractivity contribution in [2.45, 2.75) is 19.6 Å². The molecule has 1 spiro atoms. The van der Waals surface area contributed by atoms with Crippen molar-refractivity contribution in [3.8, 4) is 0 Å². The van der Waals surface area contributed by atoms with E-state index in [1.807, 2.05) is 18.2 Å². The van der Waals surface area contributed by atoms with Crippen LogP contribution in [0.4, 0.5) is 0 Å². The summed E-state index contributed by atoms with van der Waals surface area (Å²) in [4.78, 5) is 0. The number of aliphatic hydroxyl groups is 1. The minimum Gasteiger partial charge on any atom is -0.395 e. The molecule has 0 radical (unpaired) electrons. The third-order valence-corrected chi connectivity index (χ3v) is 9.52. The lowest BCUT2D eigenvalue weighted by molar-refractivity contribution is 0.175. The lowest BCUT2D eigenvalue weighted by Gasteiger charge is -2.34. The Bertz CT molecular complexity index is 905. The summed E-state index contributed by atoms with van der Waals surface area (Å²) >= 11 is 0. The Balaban J connectivity index is 0.000000210. The fourth-order valence-corrected chi connectivity index (χ4v) is 7.78. The van der Waals surface area contributed by atoms with Gasteiger partial charge in [0.1, 0.15) is 0 Å². The molecular formula is C27H35N3O3Si. The molecule has 2 heterocycles. The van der Waals surface area contributed by atoms with Crippen LogP contribution >= 0.6 is 0 Å². The average molecular weight is 478 g/mol. The van der Waals surface area contributed by atoms with E-state index < -0.39 is 8.88 Å². The Labute approximate surface area is 204 Å². The van der Waals surface area contributed by atoms with E-state index in [2.05, 4.69) is 87.2 Å². The Morgan fingerprint density at radius 1 is 0.676 bits per heavy atom. The zero-order chi connectivity index (χ0) is 23.5. The number of nitrogens with zero attached hydrogens (tertiary/aromatic N) is 2. The third kappa shape index (κ3) is 6.61. The number of nitrogens with one attached hydrogen (secondary N) is 1. The highest BCUT2D eigenvalue weighted by atomic mass is 28.4. The summed E-state index contributed by atoms with van der Waals surface area (Å²) in [6, 6.07) is 31.3. The van der Waals surface area contributed by atoms with Gasteiger partial charge in [0.05, 0.1) is 19.8 Å². The zero-order valence-electron chi connectivity index (χ0n) is 19.7. The van der Waals surface area contributed by atoms with Gasteiger partial charge in [-0.25, -0.2) is 0 Å². The Morgan fingerprint density at radius 3 is 1.56 bits per heavy atom. The highest BCUT2D eigenvalue weighted by molar-refractivity contribution is 6.62. The lowest BCUT2D eigenvalue weighted by atomic mass is 10.2. The Kier molecular flexibility index (Phi) is 9.41. The summed E-state index contributed by atoms with van der Waals surface area (Å²) in [7, 11) is -2.43. The van der Waals surface area contributed by atoms with Crippen LogP contribution in [0.15, 0.2) is 91.0 Å². The van der Waals surface area contributed by atoms with Crippen LogP contribution in [0.1, 0.15) is 16.7 Å². The van der Waals surface area contributed by atoms with Crippen molar-refractivity contribution in [3.63, 3.8) is 0 Å². The van der Waals surface area contributed by atoms with E-state index in [4.69, 9.17) is 14.0 Å². The molecule has 34 heavy (non-hydrogen) atoms. The molecule has 3 aromatic carbocycles. The van der Waals surface area contributed by atoms with Gasteiger partial charge in [-0.15, -0.1) is 0 Å². The molecule has 0 saturated carbocycles. The van der Waals surface area contributed by atoms with E-state index in [0.29, 0.717) is 6.54 Å². The molecular weight excluding hydrogens is 442 g/mol. The van der Waals surface area contributed by atoms with Crippen molar-refractivity contribution in [2.75, 3.05) is 39.5 Å². The van der Waals surface area contributed by atoms with Crippen LogP contribution in [0.2, 0.25) is 0 Å². The fraction of sp³-hybridized carbons (Fsp3) is 0.333. The van der Waals surface area contributed by atoms with E-state index in [0.717, 1.165) is 45.9 Å². The molecule has 7 heteroatoms. The van der Waals surface area contributed by atoms with Crippen LogP contribution in [-0.4, -0.2) is 62.6 Å². The van der Waals surface area contributed by atoms with Crippen LogP contribution in [-0.2, 0) is 28.5 Å². The zero-order valence-corrected chi connectivity index (χ0v) is 20.7.